The van der Waals surface area contributed by atoms with Crippen molar-refractivity contribution in [3.63, 3.8) is 0 Å². The highest BCUT2D eigenvalue weighted by molar-refractivity contribution is 5.95. The number of nitrogens with one attached hydrogen (secondary N) is 1. The summed E-state index contributed by atoms with van der Waals surface area (Å²) in [5.74, 6) is -0.0467. The minimum absolute atomic E-state index is 0.0467. The van der Waals surface area contributed by atoms with Gasteiger partial charge in [0.2, 0.25) is 0 Å². The van der Waals surface area contributed by atoms with Crippen LogP contribution in [0.5, 0.6) is 0 Å². The van der Waals surface area contributed by atoms with E-state index in [9.17, 15) is 4.79 Å². The first-order valence-corrected chi connectivity index (χ1v) is 7.11. The minimum Gasteiger partial charge on any atom is -0.399 e. The minimum atomic E-state index is -0.0467. The largest absolute Gasteiger partial charge is 0.399 e. The zero-order valence-electron chi connectivity index (χ0n) is 12.4. The second-order valence-corrected chi connectivity index (χ2v) is 5.53. The molecular weight excluding hydrogens is 252 g/mol. The molecule has 0 bridgehead atoms. The number of amides is 1. The molecule has 0 radical (unpaired) electrons. The number of carbonyl (C=O) groups excluding carboxylic acids is 1. The molecule has 2 rings (SSSR count). The van der Waals surface area contributed by atoms with Gasteiger partial charge in [0, 0.05) is 50.5 Å². The van der Waals surface area contributed by atoms with Crippen LogP contribution in [0, 0.1) is 6.92 Å². The maximum absolute atomic E-state index is 12.0. The highest BCUT2D eigenvalue weighted by Gasteiger charge is 2.13. The van der Waals surface area contributed by atoms with E-state index in [1.165, 1.54) is 0 Å². The average molecular weight is 276 g/mol. The smallest absolute Gasteiger partial charge is 0.251 e. The van der Waals surface area contributed by atoms with Gasteiger partial charge in [-0.25, -0.2) is 0 Å². The van der Waals surface area contributed by atoms with E-state index in [-0.39, 0.29) is 5.91 Å². The summed E-state index contributed by atoms with van der Waals surface area (Å²) in [4.78, 5) is 16.8. The van der Waals surface area contributed by atoms with Crippen LogP contribution < -0.4 is 11.1 Å². The molecule has 1 saturated heterocycles. The van der Waals surface area contributed by atoms with Crippen LogP contribution in [0.25, 0.3) is 0 Å². The number of aryl methyl sites for hydroxylation is 1. The van der Waals surface area contributed by atoms with Crippen molar-refractivity contribution < 1.29 is 4.79 Å². The fourth-order valence-electron chi connectivity index (χ4n) is 2.44. The first-order chi connectivity index (χ1) is 9.54. The molecule has 0 aromatic heterocycles. The van der Waals surface area contributed by atoms with E-state index in [2.05, 4.69) is 22.2 Å². The Morgan fingerprint density at radius 1 is 1.25 bits per heavy atom. The van der Waals surface area contributed by atoms with Crippen molar-refractivity contribution in [2.45, 2.75) is 6.92 Å². The van der Waals surface area contributed by atoms with E-state index in [1.54, 1.807) is 6.07 Å². The van der Waals surface area contributed by atoms with Gasteiger partial charge in [-0.1, -0.05) is 0 Å². The summed E-state index contributed by atoms with van der Waals surface area (Å²) in [5, 5.41) is 2.96. The lowest BCUT2D eigenvalue weighted by Crippen LogP contribution is -2.46. The van der Waals surface area contributed by atoms with Crippen LogP contribution in [0.15, 0.2) is 18.2 Å². The predicted octanol–water partition coefficient (Wildman–Crippen LogP) is 0.554. The van der Waals surface area contributed by atoms with Crippen molar-refractivity contribution in [2.24, 2.45) is 0 Å². The molecule has 0 atom stereocenters. The molecule has 1 amide bonds. The van der Waals surface area contributed by atoms with E-state index < -0.39 is 0 Å². The molecular formula is C15H24N4O. The van der Waals surface area contributed by atoms with Crippen LogP contribution in [0.1, 0.15) is 15.9 Å². The highest BCUT2D eigenvalue weighted by Crippen LogP contribution is 2.11. The van der Waals surface area contributed by atoms with Gasteiger partial charge in [0.25, 0.3) is 5.91 Å². The van der Waals surface area contributed by atoms with E-state index >= 15 is 0 Å². The van der Waals surface area contributed by atoms with Crippen molar-refractivity contribution in [1.29, 1.82) is 0 Å². The van der Waals surface area contributed by atoms with E-state index in [4.69, 9.17) is 5.73 Å². The first kappa shape index (κ1) is 14.8. The molecule has 1 fully saturated rings. The van der Waals surface area contributed by atoms with Gasteiger partial charge in [0.15, 0.2) is 0 Å². The van der Waals surface area contributed by atoms with Gasteiger partial charge in [-0.05, 0) is 37.7 Å². The van der Waals surface area contributed by atoms with Crippen molar-refractivity contribution in [2.75, 3.05) is 52.0 Å². The molecule has 1 aliphatic heterocycles. The number of likely N-dealkylation sites (N-methyl/N-ethyl adjacent to an activating group) is 1. The van der Waals surface area contributed by atoms with Gasteiger partial charge in [0.05, 0.1) is 0 Å². The van der Waals surface area contributed by atoms with Crippen molar-refractivity contribution in [3.8, 4) is 0 Å². The van der Waals surface area contributed by atoms with Gasteiger partial charge in [0.1, 0.15) is 0 Å². The molecule has 0 unspecified atom stereocenters. The van der Waals surface area contributed by atoms with Crippen LogP contribution in [0.3, 0.4) is 0 Å². The Morgan fingerprint density at radius 2 is 1.95 bits per heavy atom. The van der Waals surface area contributed by atoms with Crippen molar-refractivity contribution in [3.05, 3.63) is 29.3 Å². The zero-order chi connectivity index (χ0) is 14.5. The second kappa shape index (κ2) is 6.72. The quantitative estimate of drug-likeness (QED) is 0.789. The maximum Gasteiger partial charge on any atom is 0.251 e. The number of hydrogen-bond acceptors (Lipinski definition) is 4. The van der Waals surface area contributed by atoms with Gasteiger partial charge in [-0.3, -0.25) is 9.69 Å². The molecule has 1 aromatic rings. The predicted molar refractivity (Wildman–Crippen MR) is 81.9 cm³/mol. The number of nitrogens with two attached hydrogens (primary N) is 1. The molecule has 1 heterocycles. The number of carbonyl (C=O) groups is 1. The standard InChI is InChI=1S/C15H24N4O/c1-12-9-13(11-14(16)10-12)15(20)17-3-4-19-7-5-18(2)6-8-19/h9-11H,3-8,16H2,1-2H3,(H,17,20). The summed E-state index contributed by atoms with van der Waals surface area (Å²) in [6.07, 6.45) is 0. The molecule has 0 aliphatic carbocycles. The normalized spacial score (nSPS) is 17.1. The second-order valence-electron chi connectivity index (χ2n) is 5.53. The van der Waals surface area contributed by atoms with E-state index in [1.807, 2.05) is 19.1 Å². The molecule has 0 spiro atoms. The molecule has 1 aromatic carbocycles. The lowest BCUT2D eigenvalue weighted by Gasteiger charge is -2.32. The fourth-order valence-corrected chi connectivity index (χ4v) is 2.44. The van der Waals surface area contributed by atoms with Crippen molar-refractivity contribution in [1.82, 2.24) is 15.1 Å². The summed E-state index contributed by atoms with van der Waals surface area (Å²) in [5.41, 5.74) is 8.04. The molecule has 1 aliphatic rings. The number of hydrogen-bond donors (Lipinski definition) is 2. The number of rotatable bonds is 4. The average Bonchev–Trinajstić information content (AvgIpc) is 2.40. The number of nitrogen functional groups attached to an aromatic ring is 1. The van der Waals surface area contributed by atoms with Crippen molar-refractivity contribution >= 4 is 11.6 Å². The molecule has 110 valence electrons. The summed E-state index contributed by atoms with van der Waals surface area (Å²) in [6, 6.07) is 5.45. The Hall–Kier alpha value is -1.59. The van der Waals surface area contributed by atoms with Crippen LogP contribution in [0.2, 0.25) is 0 Å². The Balaban J connectivity index is 1.77. The third-order valence-corrected chi connectivity index (χ3v) is 3.67. The summed E-state index contributed by atoms with van der Waals surface area (Å²) in [7, 11) is 2.14. The summed E-state index contributed by atoms with van der Waals surface area (Å²) in [6.45, 7) is 7.87. The third kappa shape index (κ3) is 4.21. The van der Waals surface area contributed by atoms with Gasteiger partial charge in [-0.2, -0.15) is 0 Å². The third-order valence-electron chi connectivity index (χ3n) is 3.67. The van der Waals surface area contributed by atoms with Gasteiger partial charge >= 0.3 is 0 Å². The first-order valence-electron chi connectivity index (χ1n) is 7.11. The van der Waals surface area contributed by atoms with E-state index in [0.717, 1.165) is 38.3 Å². The Kier molecular flexibility index (Phi) is 4.98. The fraction of sp³-hybridized carbons (Fsp3) is 0.533. The summed E-state index contributed by atoms with van der Waals surface area (Å²) < 4.78 is 0. The van der Waals surface area contributed by atoms with Crippen LogP contribution in [-0.4, -0.2) is 62.0 Å². The Bertz CT molecular complexity index is 447. The Labute approximate surface area is 120 Å². The number of nitrogens with zero attached hydrogens (tertiary/aromatic N) is 2. The van der Waals surface area contributed by atoms with E-state index in [0.29, 0.717) is 17.8 Å². The monoisotopic (exact) mass is 276 g/mol. The van der Waals surface area contributed by atoms with Crippen LogP contribution in [-0.2, 0) is 0 Å². The Morgan fingerprint density at radius 3 is 2.60 bits per heavy atom. The number of piperazine rings is 1. The molecule has 3 N–H and O–H groups in total. The summed E-state index contributed by atoms with van der Waals surface area (Å²) >= 11 is 0. The number of anilines is 1. The van der Waals surface area contributed by atoms with Gasteiger partial charge in [-0.15, -0.1) is 0 Å². The van der Waals surface area contributed by atoms with Crippen LogP contribution in [0.4, 0.5) is 5.69 Å². The lowest BCUT2D eigenvalue weighted by atomic mass is 10.1. The SMILES string of the molecule is Cc1cc(N)cc(C(=O)NCCN2CCN(C)CC2)c1. The molecule has 5 heteroatoms. The molecule has 0 saturated carbocycles. The number of benzene rings is 1. The zero-order valence-corrected chi connectivity index (χ0v) is 12.4. The van der Waals surface area contributed by atoms with Gasteiger partial charge < -0.3 is 16.0 Å². The lowest BCUT2D eigenvalue weighted by molar-refractivity contribution is 0.0941. The maximum atomic E-state index is 12.0. The highest BCUT2D eigenvalue weighted by atomic mass is 16.1. The molecule has 20 heavy (non-hydrogen) atoms. The topological polar surface area (TPSA) is 61.6 Å². The molecule has 5 nitrogen and oxygen atoms in total. The van der Waals surface area contributed by atoms with Crippen LogP contribution >= 0.6 is 0 Å².